The molecule has 11 nitrogen and oxygen atoms in total. The number of carbonyl (C=O) groups is 3. The van der Waals surface area contributed by atoms with Gasteiger partial charge in [0.2, 0.25) is 0 Å². The lowest BCUT2D eigenvalue weighted by molar-refractivity contribution is -0.687. The minimum Gasteiger partial charge on any atom is -0.477 e. The summed E-state index contributed by atoms with van der Waals surface area (Å²) in [7, 11) is 1.29. The Labute approximate surface area is 210 Å². The van der Waals surface area contributed by atoms with Gasteiger partial charge in [0.25, 0.3) is 11.8 Å². The normalized spacial score (nSPS) is 20.0. The number of fused-ring (bicyclic) bond motifs is 2. The first-order valence-electron chi connectivity index (χ1n) is 10.3. The quantitative estimate of drug-likeness (QED) is 0.177. The summed E-state index contributed by atoms with van der Waals surface area (Å²) in [6.45, 7) is 0.339. The maximum Gasteiger partial charge on any atom is 0.352 e. The highest BCUT2D eigenvalue weighted by Crippen LogP contribution is 2.40. The molecule has 14 heteroatoms. The zero-order valence-corrected chi connectivity index (χ0v) is 20.7. The first-order valence-corrected chi connectivity index (χ1v) is 13.1. The van der Waals surface area contributed by atoms with E-state index < -0.39 is 29.2 Å². The van der Waals surface area contributed by atoms with Crippen molar-refractivity contribution in [2.75, 3.05) is 18.6 Å². The molecule has 1 saturated heterocycles. The number of carboxylic acids is 1. The number of aliphatic carboxylic acids is 1. The van der Waals surface area contributed by atoms with E-state index in [0.717, 1.165) is 21.4 Å². The first kappa shape index (κ1) is 23.3. The van der Waals surface area contributed by atoms with Crippen molar-refractivity contribution in [3.63, 3.8) is 0 Å². The van der Waals surface area contributed by atoms with Crippen LogP contribution in [0.1, 0.15) is 5.69 Å². The van der Waals surface area contributed by atoms with Gasteiger partial charge in [0.1, 0.15) is 29.9 Å². The predicted octanol–water partition coefficient (Wildman–Crippen LogP) is 1.02. The highest BCUT2D eigenvalue weighted by atomic mass is 32.2. The number of hydrogen-bond acceptors (Lipinski definition) is 10. The molecule has 2 atom stereocenters. The van der Waals surface area contributed by atoms with E-state index in [1.54, 1.807) is 16.7 Å². The number of thiophene rings is 1. The van der Waals surface area contributed by atoms with Crippen LogP contribution >= 0.6 is 34.4 Å². The topological polar surface area (TPSA) is 151 Å². The fourth-order valence-corrected chi connectivity index (χ4v) is 6.68. The molecule has 1 unspecified atom stereocenters. The van der Waals surface area contributed by atoms with Gasteiger partial charge < -0.3 is 21.0 Å². The van der Waals surface area contributed by atoms with E-state index >= 15 is 0 Å². The Balaban J connectivity index is 1.36. The molecule has 0 bridgehead atoms. The zero-order valence-electron chi connectivity index (χ0n) is 18.2. The summed E-state index contributed by atoms with van der Waals surface area (Å²) in [6, 6.07) is 3.09. The summed E-state index contributed by atoms with van der Waals surface area (Å²) in [5.41, 5.74) is 6.33. The molecule has 3 aromatic rings. The number of carbonyl (C=O) groups excluding carboxylic acids is 2. The van der Waals surface area contributed by atoms with Crippen LogP contribution in [0.2, 0.25) is 0 Å². The van der Waals surface area contributed by atoms with Crippen molar-refractivity contribution in [2.24, 2.45) is 5.16 Å². The van der Waals surface area contributed by atoms with E-state index in [-0.39, 0.29) is 22.2 Å². The van der Waals surface area contributed by atoms with Crippen molar-refractivity contribution in [3.8, 4) is 0 Å². The number of thiazole rings is 1. The lowest BCUT2D eigenvalue weighted by atomic mass is 10.0. The summed E-state index contributed by atoms with van der Waals surface area (Å²) >= 11 is 4.14. The number of anilines is 1. The van der Waals surface area contributed by atoms with Crippen molar-refractivity contribution in [3.05, 3.63) is 52.3 Å². The molecule has 2 aliphatic rings. The van der Waals surface area contributed by atoms with E-state index in [2.05, 4.69) is 15.5 Å². The number of carboxylic acid groups (broad SMARTS) is 1. The molecule has 2 aliphatic heterocycles. The van der Waals surface area contributed by atoms with E-state index in [1.165, 1.54) is 23.8 Å². The number of nitrogens with zero attached hydrogens (tertiary/aromatic N) is 4. The molecule has 0 aromatic carbocycles. The Hall–Kier alpha value is -3.49. The molecule has 0 spiro atoms. The Kier molecular flexibility index (Phi) is 6.17. The molecule has 35 heavy (non-hydrogen) atoms. The standard InChI is InChI=1S/C21H18N6O5S3/c1-32-25-14(12-9-35-21(22)23-12)17(28)24-15-18(29)27-16(20(30)31)11(8-34-19(15)27)6-26-4-2-10-3-5-33-13(10)7-26/h2-5,7,9,15,19H,6,8H2,1H3,(H3-,22,23,24,28,30,31)/p+1/t15?,19-/m1/s1. The van der Waals surface area contributed by atoms with Crippen LogP contribution in [0.4, 0.5) is 5.13 Å². The number of nitrogens with one attached hydrogen (secondary N) is 1. The van der Waals surface area contributed by atoms with Gasteiger partial charge in [-0.2, -0.15) is 4.57 Å². The fourth-order valence-electron chi connectivity index (χ4n) is 3.97. The molecule has 4 N–H and O–H groups in total. The Morgan fingerprint density at radius 3 is 2.94 bits per heavy atom. The van der Waals surface area contributed by atoms with E-state index in [0.29, 0.717) is 17.9 Å². The molecule has 1 fully saturated rings. The van der Waals surface area contributed by atoms with Crippen LogP contribution in [0.25, 0.3) is 10.1 Å². The summed E-state index contributed by atoms with van der Waals surface area (Å²) in [4.78, 5) is 48.1. The largest absolute Gasteiger partial charge is 0.477 e. The lowest BCUT2D eigenvalue weighted by Crippen LogP contribution is -2.71. The van der Waals surface area contributed by atoms with Gasteiger partial charge in [-0.25, -0.2) is 9.78 Å². The molecule has 3 aromatic heterocycles. The summed E-state index contributed by atoms with van der Waals surface area (Å²) < 4.78 is 3.00. The zero-order chi connectivity index (χ0) is 24.7. The number of thioether (sulfide) groups is 1. The van der Waals surface area contributed by atoms with Gasteiger partial charge in [0, 0.05) is 28.2 Å². The average molecular weight is 532 g/mol. The Bertz CT molecular complexity index is 1410. The van der Waals surface area contributed by atoms with Crippen LogP contribution in [0, 0.1) is 0 Å². The van der Waals surface area contributed by atoms with Gasteiger partial charge in [0.05, 0.1) is 4.70 Å². The van der Waals surface area contributed by atoms with Crippen LogP contribution in [0.5, 0.6) is 0 Å². The monoisotopic (exact) mass is 531 g/mol. The minimum atomic E-state index is -1.18. The number of nitrogens with two attached hydrogens (primary N) is 1. The number of hydrogen-bond donors (Lipinski definition) is 3. The van der Waals surface area contributed by atoms with Crippen LogP contribution < -0.4 is 15.6 Å². The second-order valence-corrected chi connectivity index (χ2v) is 10.6. The number of β-lactam (4-membered cyclic amide) rings is 1. The summed E-state index contributed by atoms with van der Waals surface area (Å²) in [5, 5.41) is 20.7. The van der Waals surface area contributed by atoms with E-state index in [1.807, 2.05) is 34.5 Å². The fraction of sp³-hybridized carbons (Fsp3) is 0.238. The second kappa shape index (κ2) is 9.28. The van der Waals surface area contributed by atoms with Gasteiger partial charge in [-0.15, -0.1) is 34.4 Å². The van der Waals surface area contributed by atoms with Gasteiger partial charge in [0.15, 0.2) is 29.8 Å². The SMILES string of the molecule is CON=C(C(=O)NC1C(=O)N2C(C(=O)O)=C(C[n+]3ccc4ccsc4c3)CS[C@H]12)c1csc(N)n1. The minimum absolute atomic E-state index is 0.0407. The lowest BCUT2D eigenvalue weighted by Gasteiger charge is -2.49. The maximum atomic E-state index is 13.0. The van der Waals surface area contributed by atoms with Crippen molar-refractivity contribution in [2.45, 2.75) is 18.0 Å². The molecule has 2 amide bonds. The highest BCUT2D eigenvalue weighted by molar-refractivity contribution is 8.00. The van der Waals surface area contributed by atoms with Gasteiger partial charge in [-0.05, 0) is 11.4 Å². The smallest absolute Gasteiger partial charge is 0.352 e. The Morgan fingerprint density at radius 2 is 2.23 bits per heavy atom. The Morgan fingerprint density at radius 1 is 1.40 bits per heavy atom. The molecule has 0 aliphatic carbocycles. The first-order chi connectivity index (χ1) is 16.9. The van der Waals surface area contributed by atoms with Crippen molar-refractivity contribution in [1.29, 1.82) is 0 Å². The molecule has 5 heterocycles. The van der Waals surface area contributed by atoms with E-state index in [9.17, 15) is 19.5 Å². The third-order valence-electron chi connectivity index (χ3n) is 5.53. The van der Waals surface area contributed by atoms with Crippen LogP contribution in [-0.4, -0.2) is 62.8 Å². The number of amides is 2. The number of oxime groups is 1. The number of pyridine rings is 1. The molecule has 0 saturated carbocycles. The molecule has 180 valence electrons. The van der Waals surface area contributed by atoms with E-state index in [4.69, 9.17) is 10.6 Å². The van der Waals surface area contributed by atoms with Crippen LogP contribution in [0.15, 0.2) is 51.7 Å². The average Bonchev–Trinajstić information content (AvgIpc) is 3.48. The van der Waals surface area contributed by atoms with Crippen molar-refractivity contribution >= 4 is 73.1 Å². The van der Waals surface area contributed by atoms with Gasteiger partial charge >= 0.3 is 5.97 Å². The summed E-state index contributed by atoms with van der Waals surface area (Å²) in [6.07, 6.45) is 3.85. The van der Waals surface area contributed by atoms with Crippen LogP contribution in [0.3, 0.4) is 0 Å². The number of aromatic nitrogens is 2. The molecular weight excluding hydrogens is 512 g/mol. The predicted molar refractivity (Wildman–Crippen MR) is 132 cm³/mol. The van der Waals surface area contributed by atoms with Gasteiger partial charge in [-0.1, -0.05) is 5.16 Å². The van der Waals surface area contributed by atoms with Crippen LogP contribution in [-0.2, 0) is 25.8 Å². The third kappa shape index (κ3) is 4.24. The van der Waals surface area contributed by atoms with Gasteiger partial charge in [-0.3, -0.25) is 14.5 Å². The molecular formula is C21H19N6O5S3+. The highest BCUT2D eigenvalue weighted by Gasteiger charge is 2.54. The molecule has 5 rings (SSSR count). The maximum absolute atomic E-state index is 13.0. The molecule has 0 radical (unpaired) electrons. The van der Waals surface area contributed by atoms with Crippen molar-refractivity contribution in [1.82, 2.24) is 15.2 Å². The third-order valence-corrected chi connectivity index (χ3v) is 8.41. The van der Waals surface area contributed by atoms with Crippen molar-refractivity contribution < 1.29 is 28.9 Å². The summed E-state index contributed by atoms with van der Waals surface area (Å²) in [5.74, 6) is -1.94. The second-order valence-electron chi connectivity index (χ2n) is 7.67. The number of rotatable bonds is 7. The number of nitrogen functional groups attached to an aromatic ring is 1.